The molecule has 2 N–H and O–H groups in total. The zero-order chi connectivity index (χ0) is 21.9. The average molecular weight is 446 g/mol. The largest absolute Gasteiger partial charge is 0.425 e. The van der Waals surface area contributed by atoms with E-state index in [1.165, 1.54) is 12.8 Å². The van der Waals surface area contributed by atoms with Crippen molar-refractivity contribution >= 4 is 23.0 Å². The van der Waals surface area contributed by atoms with Crippen molar-refractivity contribution in [3.8, 4) is 23.1 Å². The van der Waals surface area contributed by atoms with Gasteiger partial charge >= 0.3 is 0 Å². The Morgan fingerprint density at radius 2 is 2.03 bits per heavy atom. The first-order valence-electron chi connectivity index (χ1n) is 10.9. The van der Waals surface area contributed by atoms with Crippen molar-refractivity contribution in [2.24, 2.45) is 4.99 Å². The quantitative estimate of drug-likeness (QED) is 0.460. The van der Waals surface area contributed by atoms with Crippen LogP contribution in [-0.4, -0.2) is 46.0 Å². The van der Waals surface area contributed by atoms with Crippen molar-refractivity contribution in [3.63, 3.8) is 0 Å². The third-order valence-electron chi connectivity index (χ3n) is 5.80. The Kier molecular flexibility index (Phi) is 5.85. The second-order valence-corrected chi connectivity index (χ2v) is 8.49. The first-order valence-corrected chi connectivity index (χ1v) is 11.3. The lowest BCUT2D eigenvalue weighted by molar-refractivity contribution is 0.171. The van der Waals surface area contributed by atoms with E-state index in [1.54, 1.807) is 18.3 Å². The zero-order valence-corrected chi connectivity index (χ0v) is 18.4. The Balaban J connectivity index is 1.51. The van der Waals surface area contributed by atoms with Gasteiger partial charge in [0.05, 0.1) is 17.9 Å². The van der Waals surface area contributed by atoms with Crippen LogP contribution in [0.2, 0.25) is 5.02 Å². The van der Waals surface area contributed by atoms with E-state index >= 15 is 0 Å². The van der Waals surface area contributed by atoms with Crippen LogP contribution in [0.4, 0.5) is 11.4 Å². The van der Waals surface area contributed by atoms with E-state index in [0.29, 0.717) is 16.4 Å². The first-order chi connectivity index (χ1) is 15.7. The van der Waals surface area contributed by atoms with Crippen LogP contribution in [-0.2, 0) is 6.42 Å². The first kappa shape index (κ1) is 20.6. The predicted molar refractivity (Wildman–Crippen MR) is 126 cm³/mol. The summed E-state index contributed by atoms with van der Waals surface area (Å²) in [5.74, 6) is 6.58. The fourth-order valence-corrected chi connectivity index (χ4v) is 4.38. The molecule has 0 spiro atoms. The van der Waals surface area contributed by atoms with Crippen LogP contribution in [0.1, 0.15) is 24.0 Å². The van der Waals surface area contributed by atoms with Gasteiger partial charge in [-0.25, -0.2) is 9.98 Å². The van der Waals surface area contributed by atoms with Crippen molar-refractivity contribution in [1.29, 1.82) is 0 Å². The molecule has 1 fully saturated rings. The summed E-state index contributed by atoms with van der Waals surface area (Å²) in [6.07, 6.45) is 5.06. The molecule has 2 aliphatic heterocycles. The van der Waals surface area contributed by atoms with E-state index < -0.39 is 0 Å². The number of halogens is 1. The number of likely N-dealkylation sites (tertiary alicyclic amines) is 1. The van der Waals surface area contributed by atoms with E-state index in [1.807, 2.05) is 24.3 Å². The Morgan fingerprint density at radius 3 is 2.88 bits per heavy atom. The van der Waals surface area contributed by atoms with Gasteiger partial charge in [0.15, 0.2) is 0 Å². The minimum atomic E-state index is 0.202. The highest BCUT2D eigenvalue weighted by Gasteiger charge is 2.19. The molecular weight excluding hydrogens is 422 g/mol. The van der Waals surface area contributed by atoms with Gasteiger partial charge in [0.1, 0.15) is 0 Å². The molecule has 0 amide bonds. The maximum absolute atomic E-state index is 11.0. The number of benzene rings is 2. The van der Waals surface area contributed by atoms with E-state index in [4.69, 9.17) is 11.6 Å². The minimum Gasteiger partial charge on any atom is -0.425 e. The fraction of sp³-hybridized carbons (Fsp3) is 0.280. The molecule has 0 radical (unpaired) electrons. The monoisotopic (exact) mass is 445 g/mol. The summed E-state index contributed by atoms with van der Waals surface area (Å²) < 4.78 is 1.07. The van der Waals surface area contributed by atoms with Crippen LogP contribution in [0.25, 0.3) is 11.3 Å². The third-order valence-corrected chi connectivity index (χ3v) is 6.03. The molecular formula is C25H24ClN5O. The smallest absolute Gasteiger partial charge is 0.264 e. The molecule has 2 aromatic carbocycles. The maximum atomic E-state index is 11.0. The van der Waals surface area contributed by atoms with Crippen LogP contribution < -0.4 is 10.9 Å². The summed E-state index contributed by atoms with van der Waals surface area (Å²) in [5, 5.41) is 15.1. The van der Waals surface area contributed by atoms with Gasteiger partial charge < -0.3 is 10.5 Å². The number of nitrogens with one attached hydrogen (secondary N) is 1. The molecule has 1 aromatic heterocycles. The number of rotatable bonds is 2. The third kappa shape index (κ3) is 4.36. The van der Waals surface area contributed by atoms with Crippen LogP contribution in [0.3, 0.4) is 0 Å². The second-order valence-electron chi connectivity index (χ2n) is 8.06. The average Bonchev–Trinajstić information content (AvgIpc) is 3.23. The van der Waals surface area contributed by atoms with E-state index in [2.05, 4.69) is 38.1 Å². The Labute approximate surface area is 192 Å². The number of fused-ring (bicyclic) bond motifs is 3. The van der Waals surface area contributed by atoms with Crippen molar-refractivity contribution in [3.05, 3.63) is 70.4 Å². The molecule has 3 heterocycles. The summed E-state index contributed by atoms with van der Waals surface area (Å²) in [7, 11) is 0. The fourth-order valence-electron chi connectivity index (χ4n) is 4.20. The highest BCUT2D eigenvalue weighted by atomic mass is 35.5. The Hall–Kier alpha value is -3.27. The normalized spacial score (nSPS) is 15.8. The second kappa shape index (κ2) is 9.07. The minimum absolute atomic E-state index is 0.202. The molecule has 6 nitrogen and oxygen atoms in total. The van der Waals surface area contributed by atoms with Gasteiger partial charge in [-0.3, -0.25) is 4.90 Å². The van der Waals surface area contributed by atoms with Gasteiger partial charge in [0, 0.05) is 40.1 Å². The molecule has 7 heteroatoms. The molecule has 2 aliphatic rings. The van der Waals surface area contributed by atoms with Crippen molar-refractivity contribution in [1.82, 2.24) is 14.6 Å². The lowest BCUT2D eigenvalue weighted by Crippen LogP contribution is -2.25. The molecule has 0 saturated carbocycles. The highest BCUT2D eigenvalue weighted by molar-refractivity contribution is 6.30. The summed E-state index contributed by atoms with van der Waals surface area (Å²) >= 11 is 6.07. The molecule has 1 saturated heterocycles. The number of aromatic nitrogens is 2. The number of hydrogen-bond acceptors (Lipinski definition) is 5. The summed E-state index contributed by atoms with van der Waals surface area (Å²) in [5.41, 5.74) is 5.28. The van der Waals surface area contributed by atoms with E-state index in [9.17, 15) is 5.21 Å². The van der Waals surface area contributed by atoms with Gasteiger partial charge in [0.2, 0.25) is 0 Å². The number of nitrogens with zero attached hydrogens (tertiary/aromatic N) is 4. The molecule has 0 atom stereocenters. The lowest BCUT2D eigenvalue weighted by atomic mass is 10.0. The molecule has 3 aromatic rings. The summed E-state index contributed by atoms with van der Waals surface area (Å²) in [6.45, 7) is 3.84. The predicted octanol–water partition coefficient (Wildman–Crippen LogP) is 4.09. The molecule has 0 unspecified atom stereocenters. The SMILES string of the molecule is On1c2c(cnc1=Nc1cccc(Cl)c1)CCNc1cc(C#CCN3CCCC3)ccc1-2. The zero-order valence-electron chi connectivity index (χ0n) is 17.7. The Bertz CT molecular complexity index is 1280. The molecule has 5 rings (SSSR count). The van der Waals surface area contributed by atoms with Crippen LogP contribution >= 0.6 is 11.6 Å². The molecule has 162 valence electrons. The van der Waals surface area contributed by atoms with Crippen LogP contribution in [0, 0.1) is 11.8 Å². The summed E-state index contributed by atoms with van der Waals surface area (Å²) in [4.78, 5) is 11.2. The molecule has 0 aliphatic carbocycles. The van der Waals surface area contributed by atoms with Crippen LogP contribution in [0.15, 0.2) is 53.7 Å². The number of hydrogen-bond donors (Lipinski definition) is 2. The molecule has 0 bridgehead atoms. The van der Waals surface area contributed by atoms with Crippen LogP contribution in [0.5, 0.6) is 0 Å². The van der Waals surface area contributed by atoms with Gasteiger partial charge in [-0.05, 0) is 68.8 Å². The summed E-state index contributed by atoms with van der Waals surface area (Å²) in [6, 6.07) is 13.2. The van der Waals surface area contributed by atoms with Crippen molar-refractivity contribution < 1.29 is 5.21 Å². The van der Waals surface area contributed by atoms with Crippen molar-refractivity contribution in [2.75, 3.05) is 31.5 Å². The Morgan fingerprint density at radius 1 is 1.16 bits per heavy atom. The van der Waals surface area contributed by atoms with E-state index in [0.717, 1.165) is 59.7 Å². The number of anilines is 1. The van der Waals surface area contributed by atoms with Gasteiger partial charge in [0.25, 0.3) is 5.62 Å². The van der Waals surface area contributed by atoms with E-state index in [-0.39, 0.29) is 5.62 Å². The molecule has 32 heavy (non-hydrogen) atoms. The van der Waals surface area contributed by atoms with Gasteiger partial charge in [-0.2, -0.15) is 0 Å². The van der Waals surface area contributed by atoms with Gasteiger partial charge in [-0.1, -0.05) is 29.5 Å². The standard InChI is InChI=1S/C25H24ClN5O/c26-20-6-3-7-21(16-20)29-25-28-17-19-10-11-27-23-15-18(5-4-14-30-12-1-2-13-30)8-9-22(23)24(19)31(25)32/h3,6-9,15-17,27,32H,1-2,10-14H2. The van der Waals surface area contributed by atoms with Gasteiger partial charge in [-0.15, -0.1) is 4.73 Å². The highest BCUT2D eigenvalue weighted by Crippen LogP contribution is 2.32. The lowest BCUT2D eigenvalue weighted by Gasteiger charge is -2.13. The van der Waals surface area contributed by atoms with Crippen molar-refractivity contribution in [2.45, 2.75) is 19.3 Å². The topological polar surface area (TPSA) is 65.7 Å². The maximum Gasteiger partial charge on any atom is 0.264 e.